The summed E-state index contributed by atoms with van der Waals surface area (Å²) in [7, 11) is -1.42. The number of hydrogen-bond donors (Lipinski definition) is 3. The van der Waals surface area contributed by atoms with E-state index in [1.807, 2.05) is 34.6 Å². The van der Waals surface area contributed by atoms with Crippen molar-refractivity contribution in [2.45, 2.75) is 83.8 Å². The number of rotatable bonds is 19. The molecule has 0 spiro atoms. The first-order valence-corrected chi connectivity index (χ1v) is 17.8. The van der Waals surface area contributed by atoms with Gasteiger partial charge in [-0.25, -0.2) is 26.5 Å². The zero-order valence-electron chi connectivity index (χ0n) is 29.1. The molecule has 0 radical (unpaired) electrons. The number of carbonyl (C=O) groups excluding carboxylic acids is 3. The molecule has 0 aliphatic carbocycles. The fraction of sp³-hybridized carbons (Fsp3) is 0.559. The van der Waals surface area contributed by atoms with Crippen molar-refractivity contribution >= 4 is 27.7 Å². The van der Waals surface area contributed by atoms with E-state index in [9.17, 15) is 36.7 Å². The minimum absolute atomic E-state index is 0.00346. The highest BCUT2D eigenvalue weighted by Crippen LogP contribution is 2.21. The fourth-order valence-electron chi connectivity index (χ4n) is 5.18. The van der Waals surface area contributed by atoms with Crippen LogP contribution in [0.5, 0.6) is 0 Å². The van der Waals surface area contributed by atoms with Crippen molar-refractivity contribution in [3.8, 4) is 0 Å². The molecular weight excluding hydrogens is 644 g/mol. The highest BCUT2D eigenvalue weighted by Gasteiger charge is 2.28. The molecule has 48 heavy (non-hydrogen) atoms. The SMILES string of the molecule is CCCN(CC(O)C(Cc1cc(F)cc(F)c1)NC(=O)c1cc(C(=O)N(CCC)CCC)cc(S(=O)(=O)N(C)C)c1)NC(=O)CC(C)C. The van der Waals surface area contributed by atoms with Gasteiger partial charge >= 0.3 is 0 Å². The van der Waals surface area contributed by atoms with Crippen LogP contribution >= 0.6 is 0 Å². The molecule has 3 N–H and O–H groups in total. The zero-order chi connectivity index (χ0) is 36.2. The van der Waals surface area contributed by atoms with Gasteiger partial charge in [0, 0.05) is 63.9 Å². The number of benzene rings is 2. The van der Waals surface area contributed by atoms with E-state index >= 15 is 0 Å². The summed E-state index contributed by atoms with van der Waals surface area (Å²) in [5.74, 6) is -3.10. The van der Waals surface area contributed by atoms with Gasteiger partial charge in [-0.3, -0.25) is 19.8 Å². The average Bonchev–Trinajstić information content (AvgIpc) is 2.99. The largest absolute Gasteiger partial charge is 0.390 e. The quantitative estimate of drug-likeness (QED) is 0.189. The third-order valence-electron chi connectivity index (χ3n) is 7.40. The van der Waals surface area contributed by atoms with Crippen molar-refractivity contribution in [1.82, 2.24) is 25.0 Å². The Hall–Kier alpha value is -3.46. The first-order valence-electron chi connectivity index (χ1n) is 16.4. The standard InChI is InChI=1S/C34H51F2N5O6S/c1-8-11-40(12-9-2)34(45)26-18-25(19-29(20-26)48(46,47)39(6)7)33(44)37-30(17-24-15-27(35)21-28(36)16-24)31(42)22-41(13-10-3)38-32(43)14-23(4)5/h15-16,18-21,23,30-31,42H,8-14,17,22H2,1-7H3,(H,37,44)(H,38,43). The van der Waals surface area contributed by atoms with Crippen LogP contribution in [-0.4, -0.2) is 97.9 Å². The molecule has 2 rings (SSSR count). The molecule has 2 unspecified atom stereocenters. The summed E-state index contributed by atoms with van der Waals surface area (Å²) in [5, 5.41) is 15.7. The van der Waals surface area contributed by atoms with Crippen LogP contribution in [0.2, 0.25) is 0 Å². The zero-order valence-corrected chi connectivity index (χ0v) is 29.9. The number of halogens is 2. The molecule has 0 saturated carbocycles. The average molecular weight is 696 g/mol. The van der Waals surface area contributed by atoms with Gasteiger partial charge in [-0.05, 0) is 67.5 Å². The van der Waals surface area contributed by atoms with Gasteiger partial charge < -0.3 is 15.3 Å². The summed E-state index contributed by atoms with van der Waals surface area (Å²) >= 11 is 0. The summed E-state index contributed by atoms with van der Waals surface area (Å²) in [6.45, 7) is 10.6. The molecule has 0 aromatic heterocycles. The van der Waals surface area contributed by atoms with Crippen molar-refractivity contribution in [2.24, 2.45) is 5.92 Å². The van der Waals surface area contributed by atoms with Crippen LogP contribution in [0.3, 0.4) is 0 Å². The Kier molecular flexibility index (Phi) is 16.0. The Morgan fingerprint density at radius 3 is 1.94 bits per heavy atom. The second-order valence-corrected chi connectivity index (χ2v) is 14.7. The van der Waals surface area contributed by atoms with Gasteiger partial charge in [0.15, 0.2) is 0 Å². The molecule has 2 aromatic carbocycles. The van der Waals surface area contributed by atoms with Crippen molar-refractivity contribution in [3.63, 3.8) is 0 Å². The Morgan fingerprint density at radius 2 is 1.42 bits per heavy atom. The molecule has 268 valence electrons. The van der Waals surface area contributed by atoms with Crippen LogP contribution in [0.25, 0.3) is 0 Å². The predicted octanol–water partition coefficient (Wildman–Crippen LogP) is 3.97. The molecule has 0 fully saturated rings. The van der Waals surface area contributed by atoms with E-state index in [1.54, 1.807) is 4.90 Å². The number of aliphatic hydroxyl groups is 1. The minimum Gasteiger partial charge on any atom is -0.390 e. The monoisotopic (exact) mass is 695 g/mol. The molecule has 0 aliphatic rings. The van der Waals surface area contributed by atoms with Crippen LogP contribution in [-0.2, 0) is 21.2 Å². The van der Waals surface area contributed by atoms with Gasteiger partial charge in [0.1, 0.15) is 11.6 Å². The predicted molar refractivity (Wildman–Crippen MR) is 181 cm³/mol. The highest BCUT2D eigenvalue weighted by molar-refractivity contribution is 7.89. The van der Waals surface area contributed by atoms with Gasteiger partial charge in [-0.1, -0.05) is 34.6 Å². The summed E-state index contributed by atoms with van der Waals surface area (Å²) < 4.78 is 55.6. The lowest BCUT2D eigenvalue weighted by Crippen LogP contribution is -2.53. The lowest BCUT2D eigenvalue weighted by molar-refractivity contribution is -0.127. The van der Waals surface area contributed by atoms with Crippen LogP contribution in [0.15, 0.2) is 41.3 Å². The van der Waals surface area contributed by atoms with Crippen molar-refractivity contribution in [1.29, 1.82) is 0 Å². The van der Waals surface area contributed by atoms with E-state index in [4.69, 9.17) is 0 Å². The fourth-order valence-corrected chi connectivity index (χ4v) is 6.15. The molecule has 0 aliphatic heterocycles. The maximum Gasteiger partial charge on any atom is 0.253 e. The van der Waals surface area contributed by atoms with Gasteiger partial charge in [0.05, 0.1) is 17.0 Å². The molecule has 2 atom stereocenters. The van der Waals surface area contributed by atoms with Crippen LogP contribution in [0.4, 0.5) is 8.78 Å². The van der Waals surface area contributed by atoms with Gasteiger partial charge in [-0.2, -0.15) is 0 Å². The Morgan fingerprint density at radius 1 is 0.854 bits per heavy atom. The minimum atomic E-state index is -4.08. The number of nitrogens with one attached hydrogen (secondary N) is 2. The third kappa shape index (κ3) is 12.2. The topological polar surface area (TPSA) is 139 Å². The number of sulfonamides is 1. The van der Waals surface area contributed by atoms with Crippen molar-refractivity contribution in [3.05, 3.63) is 64.7 Å². The normalized spacial score (nSPS) is 13.1. The Bertz CT molecular complexity index is 1480. The number of nitrogens with zero attached hydrogens (tertiary/aromatic N) is 3. The summed E-state index contributed by atoms with van der Waals surface area (Å²) in [6.07, 6.45) is 0.650. The van der Waals surface area contributed by atoms with Crippen LogP contribution in [0.1, 0.15) is 86.6 Å². The smallest absolute Gasteiger partial charge is 0.253 e. The van der Waals surface area contributed by atoms with E-state index in [2.05, 4.69) is 10.7 Å². The maximum absolute atomic E-state index is 14.1. The van der Waals surface area contributed by atoms with E-state index in [0.29, 0.717) is 45.0 Å². The van der Waals surface area contributed by atoms with Gasteiger partial charge in [0.2, 0.25) is 15.9 Å². The van der Waals surface area contributed by atoms with E-state index in [1.165, 1.54) is 31.2 Å². The maximum atomic E-state index is 14.1. The van der Waals surface area contributed by atoms with Crippen LogP contribution in [0, 0.1) is 17.6 Å². The Labute approximate surface area is 283 Å². The first kappa shape index (κ1) is 40.7. The molecular formula is C34H51F2N5O6S. The third-order valence-corrected chi connectivity index (χ3v) is 9.20. The highest BCUT2D eigenvalue weighted by atomic mass is 32.2. The van der Waals surface area contributed by atoms with Crippen molar-refractivity contribution in [2.75, 3.05) is 40.3 Å². The molecule has 11 nitrogen and oxygen atoms in total. The number of aliphatic hydroxyl groups excluding tert-OH is 1. The summed E-state index contributed by atoms with van der Waals surface area (Å²) in [6, 6.07) is 5.40. The van der Waals surface area contributed by atoms with E-state index in [0.717, 1.165) is 22.5 Å². The molecule has 14 heteroatoms. The number of carbonyl (C=O) groups is 3. The number of amides is 3. The second-order valence-electron chi connectivity index (χ2n) is 12.5. The van der Waals surface area contributed by atoms with Gasteiger partial charge in [0.25, 0.3) is 11.8 Å². The molecule has 0 heterocycles. The first-order chi connectivity index (χ1) is 22.5. The summed E-state index contributed by atoms with van der Waals surface area (Å²) in [4.78, 5) is 41.2. The molecule has 3 amide bonds. The summed E-state index contributed by atoms with van der Waals surface area (Å²) in [5.41, 5.74) is 2.76. The molecule has 2 aromatic rings. The molecule has 0 saturated heterocycles. The van der Waals surface area contributed by atoms with E-state index in [-0.39, 0.29) is 52.8 Å². The number of hydrazine groups is 1. The Balaban J connectivity index is 2.57. The number of hydrogen-bond acceptors (Lipinski definition) is 7. The van der Waals surface area contributed by atoms with Crippen molar-refractivity contribution < 1.29 is 36.7 Å². The second kappa shape index (κ2) is 18.9. The molecule has 0 bridgehead atoms. The van der Waals surface area contributed by atoms with Gasteiger partial charge in [-0.15, -0.1) is 0 Å². The lowest BCUT2D eigenvalue weighted by atomic mass is 9.99. The van der Waals surface area contributed by atoms with E-state index < -0.39 is 45.6 Å². The van der Waals surface area contributed by atoms with Crippen LogP contribution < -0.4 is 10.7 Å². The lowest BCUT2D eigenvalue weighted by Gasteiger charge is -2.30.